The number of halogens is 3. The predicted octanol–water partition coefficient (Wildman–Crippen LogP) is 3.51. The van der Waals surface area contributed by atoms with E-state index in [2.05, 4.69) is 16.9 Å². The Bertz CT molecular complexity index is 705. The van der Waals surface area contributed by atoms with Crippen LogP contribution in [-0.2, 0) is 28.7 Å². The van der Waals surface area contributed by atoms with E-state index in [-0.39, 0.29) is 18.4 Å². The molecule has 0 spiro atoms. The third kappa shape index (κ3) is 5.69. The number of hydrogen-bond donors (Lipinski definition) is 0. The van der Waals surface area contributed by atoms with Gasteiger partial charge in [0.15, 0.2) is 0 Å². The van der Waals surface area contributed by atoms with Crippen LogP contribution in [0.1, 0.15) is 49.4 Å². The van der Waals surface area contributed by atoms with E-state index in [1.807, 2.05) is 6.92 Å². The molecule has 0 aliphatic carbocycles. The minimum absolute atomic E-state index is 0.0155. The van der Waals surface area contributed by atoms with Gasteiger partial charge in [0.1, 0.15) is 0 Å². The Kier molecular flexibility index (Phi) is 7.16. The third-order valence-electron chi connectivity index (χ3n) is 6.06. The molecule has 1 atom stereocenters. The van der Waals surface area contributed by atoms with Crippen molar-refractivity contribution in [1.82, 2.24) is 14.8 Å². The molecule has 3 heterocycles. The van der Waals surface area contributed by atoms with Crippen LogP contribution in [-0.4, -0.2) is 60.1 Å². The molecule has 0 unspecified atom stereocenters. The maximum absolute atomic E-state index is 12.9. The van der Waals surface area contributed by atoms with Gasteiger partial charge in [-0.3, -0.25) is 9.78 Å². The van der Waals surface area contributed by atoms with Crippen LogP contribution < -0.4 is 0 Å². The standard InChI is InChI=1S/C21H30F3N3O2/c1-15(4-3-8-26(2)18-6-10-29-11-7-18)20(28)27-9-5-19-16(14-27)12-17(13-25-19)21(22,23)24/h12-13,15,18H,3-11,14H2,1-2H3/t15-/m1/s1. The van der Waals surface area contributed by atoms with Gasteiger partial charge < -0.3 is 14.5 Å². The first kappa shape index (κ1) is 22.0. The zero-order valence-electron chi connectivity index (χ0n) is 17.2. The molecule has 0 saturated carbocycles. The number of aromatic nitrogens is 1. The molecule has 5 nitrogen and oxygen atoms in total. The van der Waals surface area contributed by atoms with Crippen LogP contribution in [0.15, 0.2) is 12.3 Å². The van der Waals surface area contributed by atoms with Crippen molar-refractivity contribution in [2.45, 2.75) is 57.8 Å². The number of hydrogen-bond acceptors (Lipinski definition) is 4. The van der Waals surface area contributed by atoms with E-state index in [1.54, 1.807) is 4.90 Å². The number of carbonyl (C=O) groups excluding carboxylic acids is 1. The molecule has 0 bridgehead atoms. The van der Waals surface area contributed by atoms with E-state index in [1.165, 1.54) is 0 Å². The summed E-state index contributed by atoms with van der Waals surface area (Å²) < 4.78 is 44.2. The second-order valence-corrected chi connectivity index (χ2v) is 8.20. The second kappa shape index (κ2) is 9.43. The lowest BCUT2D eigenvalue weighted by Crippen LogP contribution is -2.40. The molecule has 0 N–H and O–H groups in total. The summed E-state index contributed by atoms with van der Waals surface area (Å²) in [6, 6.07) is 1.68. The minimum Gasteiger partial charge on any atom is -0.381 e. The predicted molar refractivity (Wildman–Crippen MR) is 103 cm³/mol. The molecule has 1 aromatic rings. The van der Waals surface area contributed by atoms with Crippen molar-refractivity contribution in [3.8, 4) is 0 Å². The molecule has 8 heteroatoms. The number of pyridine rings is 1. The number of alkyl halides is 3. The molecule has 162 valence electrons. The van der Waals surface area contributed by atoms with Gasteiger partial charge in [-0.1, -0.05) is 6.92 Å². The number of nitrogens with zero attached hydrogens (tertiary/aromatic N) is 3. The van der Waals surface area contributed by atoms with Gasteiger partial charge in [0.25, 0.3) is 0 Å². The third-order valence-corrected chi connectivity index (χ3v) is 6.06. The number of amides is 1. The quantitative estimate of drug-likeness (QED) is 0.716. The first-order valence-electron chi connectivity index (χ1n) is 10.4. The number of ether oxygens (including phenoxy) is 1. The first-order chi connectivity index (χ1) is 13.8. The summed E-state index contributed by atoms with van der Waals surface area (Å²) in [7, 11) is 2.12. The Morgan fingerprint density at radius 3 is 2.79 bits per heavy atom. The van der Waals surface area contributed by atoms with Crippen molar-refractivity contribution in [3.63, 3.8) is 0 Å². The molecule has 3 rings (SSSR count). The Hall–Kier alpha value is -1.67. The van der Waals surface area contributed by atoms with Gasteiger partial charge in [-0.2, -0.15) is 13.2 Å². The fourth-order valence-corrected chi connectivity index (χ4v) is 4.16. The van der Waals surface area contributed by atoms with E-state index >= 15 is 0 Å². The first-order valence-corrected chi connectivity index (χ1v) is 10.4. The van der Waals surface area contributed by atoms with Crippen molar-refractivity contribution in [3.05, 3.63) is 29.1 Å². The summed E-state index contributed by atoms with van der Waals surface area (Å²) in [6.45, 7) is 5.19. The SMILES string of the molecule is C[C@H](CCCN(C)C1CCOCC1)C(=O)N1CCc2ncc(C(F)(F)F)cc2C1. The lowest BCUT2D eigenvalue weighted by atomic mass is 9.99. The van der Waals surface area contributed by atoms with Crippen molar-refractivity contribution in [2.24, 2.45) is 5.92 Å². The van der Waals surface area contributed by atoms with Gasteiger partial charge in [-0.25, -0.2) is 0 Å². The molecular weight excluding hydrogens is 383 g/mol. The molecule has 1 amide bonds. The minimum atomic E-state index is -4.42. The summed E-state index contributed by atoms with van der Waals surface area (Å²) in [6.07, 6.45) is 0.754. The zero-order valence-corrected chi connectivity index (χ0v) is 17.2. The van der Waals surface area contributed by atoms with Crippen LogP contribution in [0, 0.1) is 5.92 Å². The Morgan fingerprint density at radius 2 is 2.10 bits per heavy atom. The molecule has 2 aliphatic rings. The van der Waals surface area contributed by atoms with Crippen LogP contribution in [0.25, 0.3) is 0 Å². The highest BCUT2D eigenvalue weighted by Gasteiger charge is 2.33. The Balaban J connectivity index is 1.50. The number of carbonyl (C=O) groups is 1. The van der Waals surface area contributed by atoms with Crippen LogP contribution in [0.4, 0.5) is 13.2 Å². The summed E-state index contributed by atoms with van der Waals surface area (Å²) in [5.74, 6) is -0.125. The van der Waals surface area contributed by atoms with Crippen LogP contribution >= 0.6 is 0 Å². The molecule has 1 aromatic heterocycles. The van der Waals surface area contributed by atoms with E-state index in [0.717, 1.165) is 57.7 Å². The monoisotopic (exact) mass is 413 g/mol. The zero-order chi connectivity index (χ0) is 21.0. The Labute approximate surface area is 170 Å². The van der Waals surface area contributed by atoms with Crippen LogP contribution in [0.2, 0.25) is 0 Å². The van der Waals surface area contributed by atoms with Gasteiger partial charge in [0, 0.05) is 56.6 Å². The van der Waals surface area contributed by atoms with E-state index < -0.39 is 11.7 Å². The van der Waals surface area contributed by atoms with Crippen molar-refractivity contribution in [2.75, 3.05) is 33.4 Å². The van der Waals surface area contributed by atoms with E-state index in [4.69, 9.17) is 4.74 Å². The lowest BCUT2D eigenvalue weighted by molar-refractivity contribution is -0.137. The average molecular weight is 413 g/mol. The van der Waals surface area contributed by atoms with E-state index in [0.29, 0.717) is 30.3 Å². The maximum Gasteiger partial charge on any atom is 0.417 e. The second-order valence-electron chi connectivity index (χ2n) is 8.20. The van der Waals surface area contributed by atoms with E-state index in [9.17, 15) is 18.0 Å². The highest BCUT2D eigenvalue weighted by molar-refractivity contribution is 5.78. The van der Waals surface area contributed by atoms with Crippen molar-refractivity contribution >= 4 is 5.91 Å². The number of fused-ring (bicyclic) bond motifs is 1. The van der Waals surface area contributed by atoms with Gasteiger partial charge in [-0.15, -0.1) is 0 Å². The summed E-state index contributed by atoms with van der Waals surface area (Å²) >= 11 is 0. The lowest BCUT2D eigenvalue weighted by Gasteiger charge is -2.32. The van der Waals surface area contributed by atoms with Crippen molar-refractivity contribution < 1.29 is 22.7 Å². The molecular formula is C21H30F3N3O2. The molecule has 0 aromatic carbocycles. The van der Waals surface area contributed by atoms with Crippen LogP contribution in [0.3, 0.4) is 0 Å². The summed E-state index contributed by atoms with van der Waals surface area (Å²) in [5.41, 5.74) is 0.411. The van der Waals surface area contributed by atoms with Crippen LogP contribution in [0.5, 0.6) is 0 Å². The van der Waals surface area contributed by atoms with Gasteiger partial charge >= 0.3 is 6.18 Å². The normalized spacial score (nSPS) is 19.3. The Morgan fingerprint density at radius 1 is 1.38 bits per heavy atom. The highest BCUT2D eigenvalue weighted by atomic mass is 19.4. The topological polar surface area (TPSA) is 45.7 Å². The van der Waals surface area contributed by atoms with Gasteiger partial charge in [0.05, 0.1) is 5.56 Å². The molecule has 2 aliphatic heterocycles. The highest BCUT2D eigenvalue weighted by Crippen LogP contribution is 2.31. The molecule has 29 heavy (non-hydrogen) atoms. The van der Waals surface area contributed by atoms with Gasteiger partial charge in [-0.05, 0) is 50.9 Å². The molecule has 1 saturated heterocycles. The summed E-state index contributed by atoms with van der Waals surface area (Å²) in [5, 5.41) is 0. The average Bonchev–Trinajstić information content (AvgIpc) is 2.72. The fraction of sp³-hybridized carbons (Fsp3) is 0.714. The summed E-state index contributed by atoms with van der Waals surface area (Å²) in [4.78, 5) is 20.8. The largest absolute Gasteiger partial charge is 0.417 e. The van der Waals surface area contributed by atoms with Gasteiger partial charge in [0.2, 0.25) is 5.91 Å². The molecule has 0 radical (unpaired) electrons. The fourth-order valence-electron chi connectivity index (χ4n) is 4.16. The smallest absolute Gasteiger partial charge is 0.381 e. The maximum atomic E-state index is 12.9. The van der Waals surface area contributed by atoms with Crippen molar-refractivity contribution in [1.29, 1.82) is 0 Å². The molecule has 1 fully saturated rings. The number of rotatable bonds is 6.